The second-order valence-electron chi connectivity index (χ2n) is 6.58. The zero-order valence-electron chi connectivity index (χ0n) is 11.2. The number of allylic oxidation sites excluding steroid dienone is 2. The molecule has 0 aromatic carbocycles. The molecule has 0 bridgehead atoms. The average molecular weight is 248 g/mol. The minimum absolute atomic E-state index is 0.184. The van der Waals surface area contributed by atoms with E-state index in [9.17, 15) is 14.7 Å². The van der Waals surface area contributed by atoms with Crippen LogP contribution in [0.1, 0.15) is 40.0 Å². The Bertz CT molecular complexity index is 476. The monoisotopic (exact) mass is 248 g/mol. The predicted molar refractivity (Wildman–Crippen MR) is 66.9 cm³/mol. The maximum Gasteiger partial charge on any atom is 0.309 e. The van der Waals surface area contributed by atoms with Crippen molar-refractivity contribution in [2.45, 2.75) is 40.0 Å². The van der Waals surface area contributed by atoms with Gasteiger partial charge in [-0.3, -0.25) is 9.59 Å². The summed E-state index contributed by atoms with van der Waals surface area (Å²) in [6, 6.07) is 0. The van der Waals surface area contributed by atoms with Gasteiger partial charge in [0, 0.05) is 6.42 Å². The summed E-state index contributed by atoms with van der Waals surface area (Å²) in [6.07, 6.45) is 2.43. The minimum Gasteiger partial charge on any atom is -0.481 e. The first-order valence-electron chi connectivity index (χ1n) is 6.85. The lowest BCUT2D eigenvalue weighted by Crippen LogP contribution is -2.21. The van der Waals surface area contributed by atoms with Gasteiger partial charge >= 0.3 is 5.97 Å². The Morgan fingerprint density at radius 2 is 2.11 bits per heavy atom. The quantitative estimate of drug-likeness (QED) is 0.776. The lowest BCUT2D eigenvalue weighted by molar-refractivity contribution is -0.144. The van der Waals surface area contributed by atoms with Crippen LogP contribution < -0.4 is 0 Å². The SMILES string of the molecule is CC1=C2C(=O)CC(C)C2C2C(CC1)C2(C)C(=O)O. The van der Waals surface area contributed by atoms with Crippen molar-refractivity contribution in [1.82, 2.24) is 0 Å². The molecule has 0 aromatic heterocycles. The molecule has 3 heteroatoms. The van der Waals surface area contributed by atoms with Gasteiger partial charge in [-0.1, -0.05) is 12.5 Å². The van der Waals surface area contributed by atoms with E-state index < -0.39 is 11.4 Å². The number of hydrogen-bond acceptors (Lipinski definition) is 2. The van der Waals surface area contributed by atoms with E-state index in [2.05, 4.69) is 13.8 Å². The summed E-state index contributed by atoms with van der Waals surface area (Å²) >= 11 is 0. The lowest BCUT2D eigenvalue weighted by Gasteiger charge is -2.19. The smallest absolute Gasteiger partial charge is 0.309 e. The van der Waals surface area contributed by atoms with Crippen LogP contribution in [-0.4, -0.2) is 16.9 Å². The molecule has 0 radical (unpaired) electrons. The zero-order chi connectivity index (χ0) is 13.2. The van der Waals surface area contributed by atoms with Crippen LogP contribution in [0.3, 0.4) is 0 Å². The van der Waals surface area contributed by atoms with Crippen LogP contribution in [0, 0.1) is 29.1 Å². The molecule has 0 aliphatic heterocycles. The van der Waals surface area contributed by atoms with Crippen molar-refractivity contribution in [2.75, 3.05) is 0 Å². The predicted octanol–water partition coefficient (Wildman–Crippen LogP) is 2.66. The Labute approximate surface area is 107 Å². The van der Waals surface area contributed by atoms with E-state index in [1.54, 1.807) is 0 Å². The standard InChI is InChI=1S/C15H20O3/c1-7-4-5-9-13(15(9,3)14(17)18)12-8(2)6-10(16)11(7)12/h8-9,12-13H,4-6H2,1-3H3,(H,17,18). The van der Waals surface area contributed by atoms with Crippen molar-refractivity contribution >= 4 is 11.8 Å². The Morgan fingerprint density at radius 1 is 1.44 bits per heavy atom. The highest BCUT2D eigenvalue weighted by atomic mass is 16.4. The lowest BCUT2D eigenvalue weighted by atomic mass is 9.84. The molecule has 2 saturated carbocycles. The Kier molecular flexibility index (Phi) is 2.30. The van der Waals surface area contributed by atoms with Crippen molar-refractivity contribution in [1.29, 1.82) is 0 Å². The Hall–Kier alpha value is -1.12. The molecule has 0 spiro atoms. The number of carbonyl (C=O) groups is 2. The molecule has 5 unspecified atom stereocenters. The molecular weight excluding hydrogens is 228 g/mol. The molecule has 3 nitrogen and oxygen atoms in total. The van der Waals surface area contributed by atoms with E-state index in [0.717, 1.165) is 18.4 Å². The summed E-state index contributed by atoms with van der Waals surface area (Å²) in [6.45, 7) is 6.03. The van der Waals surface area contributed by atoms with E-state index in [-0.39, 0.29) is 23.5 Å². The highest BCUT2D eigenvalue weighted by molar-refractivity contribution is 5.99. The maximum absolute atomic E-state index is 12.1. The minimum atomic E-state index is -0.678. The van der Waals surface area contributed by atoms with Crippen molar-refractivity contribution in [2.24, 2.45) is 29.1 Å². The van der Waals surface area contributed by atoms with Gasteiger partial charge in [0.15, 0.2) is 5.78 Å². The van der Waals surface area contributed by atoms with E-state index in [4.69, 9.17) is 0 Å². The summed E-state index contributed by atoms with van der Waals surface area (Å²) in [5.74, 6) is 0.554. The van der Waals surface area contributed by atoms with Gasteiger partial charge < -0.3 is 5.11 Å². The largest absolute Gasteiger partial charge is 0.481 e. The number of Topliss-reactive ketones (excluding diaryl/α,β-unsaturated/α-hetero) is 1. The van der Waals surface area contributed by atoms with Gasteiger partial charge in [0.2, 0.25) is 0 Å². The maximum atomic E-state index is 12.1. The van der Waals surface area contributed by atoms with Crippen LogP contribution in [-0.2, 0) is 9.59 Å². The number of carboxylic acids is 1. The van der Waals surface area contributed by atoms with E-state index in [1.807, 2.05) is 6.92 Å². The van der Waals surface area contributed by atoms with Crippen molar-refractivity contribution in [3.63, 3.8) is 0 Å². The molecular formula is C15H20O3. The molecule has 0 heterocycles. The molecule has 5 atom stereocenters. The van der Waals surface area contributed by atoms with Gasteiger partial charge in [-0.15, -0.1) is 0 Å². The highest BCUT2D eigenvalue weighted by Gasteiger charge is 2.71. The molecule has 0 aromatic rings. The highest BCUT2D eigenvalue weighted by Crippen LogP contribution is 2.69. The molecule has 18 heavy (non-hydrogen) atoms. The summed E-state index contributed by atoms with van der Waals surface area (Å²) in [5.41, 5.74) is 1.62. The Balaban J connectivity index is 2.05. The fourth-order valence-electron chi connectivity index (χ4n) is 4.60. The van der Waals surface area contributed by atoms with E-state index in [0.29, 0.717) is 12.3 Å². The zero-order valence-corrected chi connectivity index (χ0v) is 11.2. The summed E-state index contributed by atoms with van der Waals surface area (Å²) in [7, 11) is 0. The molecule has 2 fully saturated rings. The van der Waals surface area contributed by atoms with Crippen LogP contribution in [0.2, 0.25) is 0 Å². The number of carbonyl (C=O) groups excluding carboxylic acids is 1. The van der Waals surface area contributed by atoms with E-state index >= 15 is 0 Å². The topological polar surface area (TPSA) is 54.4 Å². The van der Waals surface area contributed by atoms with Crippen molar-refractivity contribution < 1.29 is 14.7 Å². The van der Waals surface area contributed by atoms with Gasteiger partial charge in [-0.2, -0.15) is 0 Å². The Morgan fingerprint density at radius 3 is 2.72 bits per heavy atom. The second-order valence-corrected chi connectivity index (χ2v) is 6.58. The van der Waals surface area contributed by atoms with E-state index in [1.165, 1.54) is 5.57 Å². The number of carboxylic acid groups (broad SMARTS) is 1. The fraction of sp³-hybridized carbons (Fsp3) is 0.733. The first kappa shape index (κ1) is 11.9. The number of ketones is 1. The third kappa shape index (κ3) is 1.25. The number of rotatable bonds is 1. The molecule has 3 rings (SSSR count). The van der Waals surface area contributed by atoms with Crippen LogP contribution >= 0.6 is 0 Å². The van der Waals surface area contributed by atoms with Crippen LogP contribution in [0.5, 0.6) is 0 Å². The molecule has 1 N–H and O–H groups in total. The molecule has 3 aliphatic carbocycles. The van der Waals surface area contributed by atoms with Gasteiger partial charge in [0.25, 0.3) is 0 Å². The summed E-state index contributed by atoms with van der Waals surface area (Å²) in [5, 5.41) is 9.47. The first-order chi connectivity index (χ1) is 8.39. The normalized spacial score (nSPS) is 46.5. The van der Waals surface area contributed by atoms with Gasteiger partial charge in [0.1, 0.15) is 0 Å². The van der Waals surface area contributed by atoms with Crippen molar-refractivity contribution in [3.8, 4) is 0 Å². The summed E-state index contributed by atoms with van der Waals surface area (Å²) < 4.78 is 0. The number of hydrogen-bond donors (Lipinski definition) is 1. The fourth-order valence-corrected chi connectivity index (χ4v) is 4.60. The van der Waals surface area contributed by atoms with Gasteiger partial charge in [-0.25, -0.2) is 0 Å². The molecule has 0 amide bonds. The summed E-state index contributed by atoms with van der Waals surface area (Å²) in [4.78, 5) is 23.6. The third-order valence-corrected chi connectivity index (χ3v) is 5.68. The first-order valence-corrected chi connectivity index (χ1v) is 6.85. The van der Waals surface area contributed by atoms with Crippen LogP contribution in [0.4, 0.5) is 0 Å². The second kappa shape index (κ2) is 3.46. The molecule has 3 aliphatic rings. The van der Waals surface area contributed by atoms with Gasteiger partial charge in [-0.05, 0) is 55.9 Å². The third-order valence-electron chi connectivity index (χ3n) is 5.68. The number of aliphatic carboxylic acids is 1. The van der Waals surface area contributed by atoms with Crippen LogP contribution in [0.15, 0.2) is 11.1 Å². The average Bonchev–Trinajstić information content (AvgIpc) is 2.82. The molecule has 0 saturated heterocycles. The molecule has 98 valence electrons. The van der Waals surface area contributed by atoms with Crippen molar-refractivity contribution in [3.05, 3.63) is 11.1 Å². The number of fused-ring (bicyclic) bond motifs is 3. The van der Waals surface area contributed by atoms with Crippen LogP contribution in [0.25, 0.3) is 0 Å². The van der Waals surface area contributed by atoms with Gasteiger partial charge in [0.05, 0.1) is 5.41 Å².